The second-order valence-electron chi connectivity index (χ2n) is 6.36. The molecule has 0 bridgehead atoms. The number of likely N-dealkylation sites (tertiary alicyclic amines) is 1. The van der Waals surface area contributed by atoms with E-state index in [-0.39, 0.29) is 11.6 Å². The first-order chi connectivity index (χ1) is 11.5. The van der Waals surface area contributed by atoms with Crippen LogP contribution in [0.3, 0.4) is 0 Å². The molecule has 0 unspecified atom stereocenters. The largest absolute Gasteiger partial charge is 0.321 e. The molecule has 2 aromatic rings. The predicted molar refractivity (Wildman–Crippen MR) is 96.5 cm³/mol. The fraction of sp³-hybridized carbons (Fsp3) is 0.444. The number of carbonyl (C=O) groups is 1. The van der Waals surface area contributed by atoms with Gasteiger partial charge in [-0.2, -0.15) is 5.10 Å². The molecular weight excluding hydrogens is 324 g/mol. The fourth-order valence-corrected chi connectivity index (χ4v) is 3.23. The van der Waals surface area contributed by atoms with Crippen LogP contribution >= 0.6 is 11.6 Å². The molecule has 0 radical (unpaired) electrons. The summed E-state index contributed by atoms with van der Waals surface area (Å²) in [5.41, 5.74) is 3.05. The average Bonchev–Trinajstić information content (AvgIpc) is 2.85. The van der Waals surface area contributed by atoms with E-state index in [9.17, 15) is 4.79 Å². The third-order valence-electron chi connectivity index (χ3n) is 4.54. The number of rotatable bonds is 4. The molecule has 1 aromatic carbocycles. The van der Waals surface area contributed by atoms with Crippen LogP contribution < -0.4 is 5.32 Å². The van der Waals surface area contributed by atoms with Gasteiger partial charge in [0.05, 0.1) is 10.7 Å². The lowest BCUT2D eigenvalue weighted by atomic mass is 10.1. The number of carbonyl (C=O) groups excluding carboxylic acids is 1. The quantitative estimate of drug-likeness (QED) is 0.919. The summed E-state index contributed by atoms with van der Waals surface area (Å²) in [6.07, 6.45) is 3.92. The van der Waals surface area contributed by atoms with Crippen LogP contribution in [0.25, 0.3) is 0 Å². The van der Waals surface area contributed by atoms with Crippen LogP contribution in [0.4, 0.5) is 5.69 Å². The molecule has 0 atom stereocenters. The van der Waals surface area contributed by atoms with Crippen LogP contribution in [0.5, 0.6) is 0 Å². The predicted octanol–water partition coefficient (Wildman–Crippen LogP) is 3.62. The third kappa shape index (κ3) is 3.79. The van der Waals surface area contributed by atoms with Gasteiger partial charge in [-0.25, -0.2) is 0 Å². The number of halogens is 1. The number of nitrogens with one attached hydrogen (secondary N) is 1. The summed E-state index contributed by atoms with van der Waals surface area (Å²) in [5, 5.41) is 7.42. The summed E-state index contributed by atoms with van der Waals surface area (Å²) >= 11 is 6.16. The fourth-order valence-electron chi connectivity index (χ4n) is 2.99. The summed E-state index contributed by atoms with van der Waals surface area (Å²) in [4.78, 5) is 14.8. The Balaban J connectivity index is 1.63. The van der Waals surface area contributed by atoms with Crippen molar-refractivity contribution in [2.24, 2.45) is 7.05 Å². The van der Waals surface area contributed by atoms with Crippen molar-refractivity contribution in [1.29, 1.82) is 0 Å². The van der Waals surface area contributed by atoms with Crippen molar-refractivity contribution in [1.82, 2.24) is 14.7 Å². The van der Waals surface area contributed by atoms with E-state index in [2.05, 4.69) is 27.4 Å². The van der Waals surface area contributed by atoms with E-state index < -0.39 is 0 Å². The Bertz CT molecular complexity index is 717. The number of aromatic nitrogens is 2. The highest BCUT2D eigenvalue weighted by molar-refractivity contribution is 6.34. The zero-order valence-electron chi connectivity index (χ0n) is 14.2. The SMILES string of the molecule is Cc1c(Cl)c(C(=O)Nc2ccc(CN3CCCCC3)cc2)nn1C. The molecule has 1 saturated heterocycles. The highest BCUT2D eigenvalue weighted by atomic mass is 35.5. The monoisotopic (exact) mass is 346 g/mol. The summed E-state index contributed by atoms with van der Waals surface area (Å²) in [6, 6.07) is 7.99. The highest BCUT2D eigenvalue weighted by Gasteiger charge is 2.18. The maximum Gasteiger partial charge on any atom is 0.277 e. The van der Waals surface area contributed by atoms with Crippen LogP contribution in [0.15, 0.2) is 24.3 Å². The highest BCUT2D eigenvalue weighted by Crippen LogP contribution is 2.21. The van der Waals surface area contributed by atoms with Gasteiger partial charge in [0.15, 0.2) is 5.69 Å². The first kappa shape index (κ1) is 17.0. The van der Waals surface area contributed by atoms with Gasteiger partial charge in [0.1, 0.15) is 0 Å². The summed E-state index contributed by atoms with van der Waals surface area (Å²) in [7, 11) is 1.77. The minimum atomic E-state index is -0.285. The molecule has 1 amide bonds. The molecule has 3 rings (SSSR count). The van der Waals surface area contributed by atoms with Crippen molar-refractivity contribution in [3.05, 3.63) is 46.2 Å². The molecule has 0 spiro atoms. The van der Waals surface area contributed by atoms with E-state index >= 15 is 0 Å². The number of aryl methyl sites for hydroxylation is 1. The number of benzene rings is 1. The van der Waals surface area contributed by atoms with Crippen molar-refractivity contribution in [3.63, 3.8) is 0 Å². The van der Waals surface area contributed by atoms with Gasteiger partial charge in [-0.15, -0.1) is 0 Å². The zero-order chi connectivity index (χ0) is 17.1. The van der Waals surface area contributed by atoms with E-state index in [0.29, 0.717) is 5.02 Å². The van der Waals surface area contributed by atoms with E-state index in [1.54, 1.807) is 11.7 Å². The minimum absolute atomic E-state index is 0.258. The summed E-state index contributed by atoms with van der Waals surface area (Å²) < 4.78 is 1.61. The summed E-state index contributed by atoms with van der Waals surface area (Å²) in [6.45, 7) is 5.16. The minimum Gasteiger partial charge on any atom is -0.321 e. The van der Waals surface area contributed by atoms with Crippen molar-refractivity contribution in [2.75, 3.05) is 18.4 Å². The third-order valence-corrected chi connectivity index (χ3v) is 5.00. The number of hydrogen-bond donors (Lipinski definition) is 1. The lowest BCUT2D eigenvalue weighted by Crippen LogP contribution is -2.29. The van der Waals surface area contributed by atoms with E-state index in [1.807, 2.05) is 19.1 Å². The maximum atomic E-state index is 12.3. The van der Waals surface area contributed by atoms with Gasteiger partial charge in [0.25, 0.3) is 5.91 Å². The topological polar surface area (TPSA) is 50.2 Å². The Morgan fingerprint density at radius 2 is 1.88 bits per heavy atom. The Kier molecular flexibility index (Phi) is 5.21. The van der Waals surface area contributed by atoms with Gasteiger partial charge >= 0.3 is 0 Å². The van der Waals surface area contributed by atoms with Gasteiger partial charge in [-0.1, -0.05) is 30.2 Å². The molecule has 128 valence electrons. The molecule has 0 saturated carbocycles. The number of piperidine rings is 1. The van der Waals surface area contributed by atoms with Crippen LogP contribution in [-0.2, 0) is 13.6 Å². The number of amides is 1. The molecule has 1 aromatic heterocycles. The number of nitrogens with zero attached hydrogens (tertiary/aromatic N) is 3. The van der Waals surface area contributed by atoms with Crippen molar-refractivity contribution < 1.29 is 4.79 Å². The first-order valence-corrected chi connectivity index (χ1v) is 8.74. The van der Waals surface area contributed by atoms with Crippen molar-refractivity contribution in [3.8, 4) is 0 Å². The van der Waals surface area contributed by atoms with Crippen LogP contribution in [0.2, 0.25) is 5.02 Å². The Labute approximate surface area is 147 Å². The van der Waals surface area contributed by atoms with Crippen LogP contribution in [0, 0.1) is 6.92 Å². The van der Waals surface area contributed by atoms with Gasteiger partial charge in [0, 0.05) is 19.3 Å². The molecule has 5 nitrogen and oxygen atoms in total. The Morgan fingerprint density at radius 3 is 2.46 bits per heavy atom. The van der Waals surface area contributed by atoms with E-state index in [4.69, 9.17) is 11.6 Å². The van der Waals surface area contributed by atoms with Crippen LogP contribution in [-0.4, -0.2) is 33.7 Å². The zero-order valence-corrected chi connectivity index (χ0v) is 14.9. The molecule has 6 heteroatoms. The smallest absolute Gasteiger partial charge is 0.277 e. The van der Waals surface area contributed by atoms with Crippen molar-refractivity contribution in [2.45, 2.75) is 32.7 Å². The molecule has 0 aliphatic carbocycles. The standard InChI is InChI=1S/C18H23ClN4O/c1-13-16(19)17(21-22(13)2)18(24)20-15-8-6-14(7-9-15)12-23-10-4-3-5-11-23/h6-9H,3-5,10-12H2,1-2H3,(H,20,24). The first-order valence-electron chi connectivity index (χ1n) is 8.36. The van der Waals surface area contributed by atoms with Crippen LogP contribution in [0.1, 0.15) is 41.0 Å². The number of anilines is 1. The lowest BCUT2D eigenvalue weighted by Gasteiger charge is -2.26. The molecule has 24 heavy (non-hydrogen) atoms. The molecule has 1 N–H and O–H groups in total. The molecule has 1 aliphatic heterocycles. The van der Waals surface area contributed by atoms with E-state index in [0.717, 1.165) is 17.9 Å². The average molecular weight is 347 g/mol. The molecular formula is C18H23ClN4O. The Morgan fingerprint density at radius 1 is 1.21 bits per heavy atom. The van der Waals surface area contributed by atoms with Crippen molar-refractivity contribution >= 4 is 23.2 Å². The maximum absolute atomic E-state index is 12.3. The van der Waals surface area contributed by atoms with E-state index in [1.165, 1.54) is 37.9 Å². The normalized spacial score (nSPS) is 15.5. The van der Waals surface area contributed by atoms with Gasteiger partial charge in [-0.05, 0) is 50.6 Å². The van der Waals surface area contributed by atoms with Gasteiger partial charge < -0.3 is 5.32 Å². The molecule has 1 aliphatic rings. The van der Waals surface area contributed by atoms with Gasteiger partial charge in [-0.3, -0.25) is 14.4 Å². The molecule has 1 fully saturated rings. The second-order valence-corrected chi connectivity index (χ2v) is 6.74. The molecule has 2 heterocycles. The summed E-state index contributed by atoms with van der Waals surface area (Å²) in [5.74, 6) is -0.285. The number of hydrogen-bond acceptors (Lipinski definition) is 3. The second kappa shape index (κ2) is 7.36. The van der Waals surface area contributed by atoms with Gasteiger partial charge in [0.2, 0.25) is 0 Å². The lowest BCUT2D eigenvalue weighted by molar-refractivity contribution is 0.102. The Hall–Kier alpha value is -1.85.